The third kappa shape index (κ3) is 3.69. The number of aliphatic hydroxyl groups excluding tert-OH is 1. The van der Waals surface area contributed by atoms with E-state index in [1.807, 2.05) is 13.8 Å². The minimum absolute atomic E-state index is 0.0658. The summed E-state index contributed by atoms with van der Waals surface area (Å²) < 4.78 is 0. The minimum atomic E-state index is -0.302. The molecule has 0 aromatic rings. The first-order valence-electron chi connectivity index (χ1n) is 6.94. The first kappa shape index (κ1) is 15.4. The fourth-order valence-corrected chi connectivity index (χ4v) is 2.59. The molecule has 1 aliphatic rings. The van der Waals surface area contributed by atoms with E-state index in [-0.39, 0.29) is 29.4 Å². The molecule has 3 atom stereocenters. The topological polar surface area (TPSA) is 75.4 Å². The highest BCUT2D eigenvalue weighted by molar-refractivity contribution is 5.76. The van der Waals surface area contributed by atoms with Gasteiger partial charge >= 0.3 is 0 Å². The molecule has 4 heteroatoms. The molecule has 1 saturated carbocycles. The lowest BCUT2D eigenvalue weighted by molar-refractivity contribution is -0.130. The van der Waals surface area contributed by atoms with Gasteiger partial charge in [-0.3, -0.25) is 4.79 Å². The molecule has 0 bridgehead atoms. The molecular weight excluding hydrogens is 228 g/mol. The van der Waals surface area contributed by atoms with Crippen molar-refractivity contribution in [3.05, 3.63) is 0 Å². The maximum Gasteiger partial charge on any atom is 0.220 e. The SMILES string of the molecule is CC(C)C[C@H](CN)CC(=O)NC1CC(O)C1(C)C. The summed E-state index contributed by atoms with van der Waals surface area (Å²) >= 11 is 0. The Bertz CT molecular complexity index is 290. The molecule has 0 saturated heterocycles. The highest BCUT2D eigenvalue weighted by Crippen LogP contribution is 2.40. The van der Waals surface area contributed by atoms with E-state index in [0.29, 0.717) is 25.3 Å². The molecule has 2 unspecified atom stereocenters. The number of aliphatic hydroxyl groups is 1. The number of rotatable bonds is 6. The van der Waals surface area contributed by atoms with Crippen LogP contribution in [0.1, 0.15) is 47.0 Å². The van der Waals surface area contributed by atoms with Gasteiger partial charge in [0.05, 0.1) is 6.10 Å². The third-order valence-electron chi connectivity index (χ3n) is 4.16. The molecule has 1 amide bonds. The van der Waals surface area contributed by atoms with E-state index >= 15 is 0 Å². The summed E-state index contributed by atoms with van der Waals surface area (Å²) in [6.07, 6.45) is 1.84. The van der Waals surface area contributed by atoms with Gasteiger partial charge in [-0.1, -0.05) is 27.7 Å². The van der Waals surface area contributed by atoms with Crippen molar-refractivity contribution in [3.63, 3.8) is 0 Å². The maximum absolute atomic E-state index is 11.9. The molecule has 0 radical (unpaired) electrons. The summed E-state index contributed by atoms with van der Waals surface area (Å²) in [5.41, 5.74) is 5.50. The number of carbonyl (C=O) groups excluding carboxylic acids is 1. The second-order valence-corrected chi connectivity index (χ2v) is 6.63. The monoisotopic (exact) mass is 256 g/mol. The van der Waals surface area contributed by atoms with Crippen molar-refractivity contribution in [2.45, 2.75) is 59.1 Å². The molecular formula is C14H28N2O2. The van der Waals surface area contributed by atoms with Crippen molar-refractivity contribution in [3.8, 4) is 0 Å². The van der Waals surface area contributed by atoms with Gasteiger partial charge in [0, 0.05) is 17.9 Å². The zero-order chi connectivity index (χ0) is 13.9. The molecule has 1 rings (SSSR count). The van der Waals surface area contributed by atoms with Gasteiger partial charge in [0.25, 0.3) is 0 Å². The molecule has 0 heterocycles. The summed E-state index contributed by atoms with van der Waals surface area (Å²) in [5, 5.41) is 12.7. The third-order valence-corrected chi connectivity index (χ3v) is 4.16. The van der Waals surface area contributed by atoms with Gasteiger partial charge in [-0.15, -0.1) is 0 Å². The highest BCUT2D eigenvalue weighted by atomic mass is 16.3. The quantitative estimate of drug-likeness (QED) is 0.670. The van der Waals surface area contributed by atoms with Crippen LogP contribution in [0.2, 0.25) is 0 Å². The Hall–Kier alpha value is -0.610. The maximum atomic E-state index is 11.9. The second-order valence-electron chi connectivity index (χ2n) is 6.63. The fraction of sp³-hybridized carbons (Fsp3) is 0.929. The van der Waals surface area contributed by atoms with Crippen molar-refractivity contribution in [1.29, 1.82) is 0 Å². The number of nitrogens with one attached hydrogen (secondary N) is 1. The molecule has 4 nitrogen and oxygen atoms in total. The van der Waals surface area contributed by atoms with Gasteiger partial charge in [0.15, 0.2) is 0 Å². The van der Waals surface area contributed by atoms with E-state index < -0.39 is 0 Å². The predicted octanol–water partition coefficient (Wildman–Crippen LogP) is 1.27. The van der Waals surface area contributed by atoms with Crippen molar-refractivity contribution in [1.82, 2.24) is 5.32 Å². The van der Waals surface area contributed by atoms with E-state index in [2.05, 4.69) is 19.2 Å². The first-order chi connectivity index (χ1) is 8.27. The molecule has 1 fully saturated rings. The van der Waals surface area contributed by atoms with E-state index in [9.17, 15) is 9.90 Å². The van der Waals surface area contributed by atoms with Crippen LogP contribution in [-0.4, -0.2) is 29.7 Å². The Balaban J connectivity index is 2.37. The van der Waals surface area contributed by atoms with Gasteiger partial charge in [0.2, 0.25) is 5.91 Å². The van der Waals surface area contributed by atoms with E-state index in [1.165, 1.54) is 0 Å². The molecule has 0 aliphatic heterocycles. The average molecular weight is 256 g/mol. The van der Waals surface area contributed by atoms with Crippen LogP contribution in [0.4, 0.5) is 0 Å². The molecule has 18 heavy (non-hydrogen) atoms. The van der Waals surface area contributed by atoms with Crippen LogP contribution in [0.5, 0.6) is 0 Å². The Morgan fingerprint density at radius 2 is 2.11 bits per heavy atom. The molecule has 0 aromatic carbocycles. The number of nitrogens with two attached hydrogens (primary N) is 1. The molecule has 0 aromatic heterocycles. The first-order valence-corrected chi connectivity index (χ1v) is 6.94. The Morgan fingerprint density at radius 1 is 1.50 bits per heavy atom. The van der Waals surface area contributed by atoms with E-state index in [4.69, 9.17) is 5.73 Å². The second kappa shape index (κ2) is 6.02. The average Bonchev–Trinajstić information content (AvgIpc) is 2.27. The fourth-order valence-electron chi connectivity index (χ4n) is 2.59. The van der Waals surface area contributed by atoms with Crippen molar-refractivity contribution in [2.75, 3.05) is 6.54 Å². The molecule has 0 spiro atoms. The lowest BCUT2D eigenvalue weighted by Crippen LogP contribution is -2.61. The van der Waals surface area contributed by atoms with Crippen molar-refractivity contribution in [2.24, 2.45) is 23.0 Å². The summed E-state index contributed by atoms with van der Waals surface area (Å²) in [7, 11) is 0. The number of hydrogen-bond donors (Lipinski definition) is 3. The Kier molecular flexibility index (Phi) is 5.17. The predicted molar refractivity (Wildman–Crippen MR) is 73.0 cm³/mol. The lowest BCUT2D eigenvalue weighted by Gasteiger charge is -2.49. The zero-order valence-electron chi connectivity index (χ0n) is 12.1. The van der Waals surface area contributed by atoms with Crippen LogP contribution in [0.25, 0.3) is 0 Å². The van der Waals surface area contributed by atoms with Crippen LogP contribution >= 0.6 is 0 Å². The van der Waals surface area contributed by atoms with Crippen LogP contribution in [0.3, 0.4) is 0 Å². The van der Waals surface area contributed by atoms with Gasteiger partial charge in [0.1, 0.15) is 0 Å². The van der Waals surface area contributed by atoms with Gasteiger partial charge in [-0.25, -0.2) is 0 Å². The number of amides is 1. The normalized spacial score (nSPS) is 27.7. The molecule has 4 N–H and O–H groups in total. The number of carbonyl (C=O) groups is 1. The summed E-state index contributed by atoms with van der Waals surface area (Å²) in [6.45, 7) is 8.82. The molecule has 1 aliphatic carbocycles. The highest BCUT2D eigenvalue weighted by Gasteiger charge is 2.47. The van der Waals surface area contributed by atoms with Gasteiger partial charge < -0.3 is 16.2 Å². The van der Waals surface area contributed by atoms with E-state index in [1.54, 1.807) is 0 Å². The van der Waals surface area contributed by atoms with Gasteiger partial charge in [-0.2, -0.15) is 0 Å². The smallest absolute Gasteiger partial charge is 0.220 e. The van der Waals surface area contributed by atoms with Crippen molar-refractivity contribution < 1.29 is 9.90 Å². The van der Waals surface area contributed by atoms with Crippen molar-refractivity contribution >= 4 is 5.91 Å². The lowest BCUT2D eigenvalue weighted by atomic mass is 9.64. The summed E-state index contributed by atoms with van der Waals surface area (Å²) in [5.74, 6) is 0.891. The standard InChI is InChI=1S/C14H28N2O2/c1-9(2)5-10(8-15)6-13(18)16-11-7-12(17)14(11,3)4/h9-12,17H,5-8,15H2,1-4H3,(H,16,18)/t10-,11?,12?/m0/s1. The Labute approximate surface area is 110 Å². The Morgan fingerprint density at radius 3 is 2.50 bits per heavy atom. The molecule has 106 valence electrons. The number of hydrogen-bond acceptors (Lipinski definition) is 3. The van der Waals surface area contributed by atoms with Crippen LogP contribution in [-0.2, 0) is 4.79 Å². The summed E-state index contributed by atoms with van der Waals surface area (Å²) in [6, 6.07) is 0.0949. The van der Waals surface area contributed by atoms with E-state index in [0.717, 1.165) is 6.42 Å². The van der Waals surface area contributed by atoms with Crippen LogP contribution in [0.15, 0.2) is 0 Å². The minimum Gasteiger partial charge on any atom is -0.392 e. The summed E-state index contributed by atoms with van der Waals surface area (Å²) in [4.78, 5) is 11.9. The van der Waals surface area contributed by atoms with Crippen LogP contribution in [0, 0.1) is 17.3 Å². The van der Waals surface area contributed by atoms with Gasteiger partial charge in [-0.05, 0) is 31.2 Å². The zero-order valence-corrected chi connectivity index (χ0v) is 12.1. The van der Waals surface area contributed by atoms with Crippen LogP contribution < -0.4 is 11.1 Å². The largest absolute Gasteiger partial charge is 0.392 e.